The topological polar surface area (TPSA) is 72.6 Å². The standard InChI is InChI=1S/C13H17NO3S/c14-12(13(15)16)10-3-1-2-4-11(10)17-9-5-7-18-8-6-9/h1-4,9,12H,5-8,14H2,(H,15,16). The highest BCUT2D eigenvalue weighted by Gasteiger charge is 2.21. The molecular formula is C13H17NO3S. The van der Waals surface area contributed by atoms with E-state index in [0.29, 0.717) is 11.3 Å². The molecule has 1 unspecified atom stereocenters. The van der Waals surface area contributed by atoms with Crippen molar-refractivity contribution in [3.63, 3.8) is 0 Å². The summed E-state index contributed by atoms with van der Waals surface area (Å²) in [5, 5.41) is 8.98. The van der Waals surface area contributed by atoms with E-state index in [2.05, 4.69) is 0 Å². The average Bonchev–Trinajstić information content (AvgIpc) is 2.39. The lowest BCUT2D eigenvalue weighted by Gasteiger charge is -2.24. The molecule has 4 nitrogen and oxygen atoms in total. The van der Waals surface area contributed by atoms with Crippen LogP contribution in [0.2, 0.25) is 0 Å². The van der Waals surface area contributed by atoms with Crippen LogP contribution in [0.5, 0.6) is 5.75 Å². The van der Waals surface area contributed by atoms with Crippen LogP contribution >= 0.6 is 11.8 Å². The van der Waals surface area contributed by atoms with Crippen LogP contribution in [-0.2, 0) is 4.79 Å². The molecule has 1 saturated heterocycles. The van der Waals surface area contributed by atoms with Gasteiger partial charge in [0, 0.05) is 5.56 Å². The number of carbonyl (C=O) groups is 1. The van der Waals surface area contributed by atoms with Gasteiger partial charge in [-0.2, -0.15) is 11.8 Å². The summed E-state index contributed by atoms with van der Waals surface area (Å²) in [6.07, 6.45) is 2.18. The minimum Gasteiger partial charge on any atom is -0.490 e. The molecule has 1 aromatic rings. The molecule has 5 heteroatoms. The second-order valence-corrected chi connectivity index (χ2v) is 5.51. The molecule has 0 saturated carbocycles. The van der Waals surface area contributed by atoms with Crippen molar-refractivity contribution in [2.45, 2.75) is 25.0 Å². The summed E-state index contributed by atoms with van der Waals surface area (Å²) in [7, 11) is 0. The summed E-state index contributed by atoms with van der Waals surface area (Å²) in [4.78, 5) is 11.0. The van der Waals surface area contributed by atoms with Crippen LogP contribution in [0.1, 0.15) is 24.4 Å². The van der Waals surface area contributed by atoms with Crippen LogP contribution in [0.15, 0.2) is 24.3 Å². The lowest BCUT2D eigenvalue weighted by atomic mass is 10.1. The number of benzene rings is 1. The third-order valence-corrected chi connectivity index (χ3v) is 4.03. The number of carboxylic acids is 1. The fourth-order valence-corrected chi connectivity index (χ4v) is 3.01. The number of para-hydroxylation sites is 1. The van der Waals surface area contributed by atoms with Crippen molar-refractivity contribution >= 4 is 17.7 Å². The number of thioether (sulfide) groups is 1. The molecule has 18 heavy (non-hydrogen) atoms. The van der Waals surface area contributed by atoms with E-state index >= 15 is 0 Å². The summed E-state index contributed by atoms with van der Waals surface area (Å²) in [6, 6.07) is 6.09. The van der Waals surface area contributed by atoms with Crippen molar-refractivity contribution in [1.29, 1.82) is 0 Å². The van der Waals surface area contributed by atoms with Crippen molar-refractivity contribution in [3.05, 3.63) is 29.8 Å². The van der Waals surface area contributed by atoms with Gasteiger partial charge < -0.3 is 15.6 Å². The normalized spacial score (nSPS) is 18.3. The third-order valence-electron chi connectivity index (χ3n) is 2.98. The first-order valence-corrected chi connectivity index (χ1v) is 7.15. The lowest BCUT2D eigenvalue weighted by molar-refractivity contribution is -0.138. The van der Waals surface area contributed by atoms with Crippen molar-refractivity contribution < 1.29 is 14.6 Å². The molecule has 1 heterocycles. The smallest absolute Gasteiger partial charge is 0.325 e. The Balaban J connectivity index is 2.13. The van der Waals surface area contributed by atoms with Crippen LogP contribution in [-0.4, -0.2) is 28.7 Å². The second kappa shape index (κ2) is 6.11. The minimum atomic E-state index is -1.04. The van der Waals surface area contributed by atoms with Crippen LogP contribution in [0.25, 0.3) is 0 Å². The van der Waals surface area contributed by atoms with E-state index in [1.807, 2.05) is 17.8 Å². The largest absolute Gasteiger partial charge is 0.490 e. The van der Waals surface area contributed by atoms with Gasteiger partial charge in [0.25, 0.3) is 0 Å². The van der Waals surface area contributed by atoms with E-state index in [1.165, 1.54) is 0 Å². The summed E-state index contributed by atoms with van der Waals surface area (Å²) >= 11 is 1.93. The van der Waals surface area contributed by atoms with Gasteiger partial charge in [-0.05, 0) is 30.4 Å². The Kier molecular flexibility index (Phi) is 4.49. The first kappa shape index (κ1) is 13.2. The Hall–Kier alpha value is -1.20. The zero-order valence-electron chi connectivity index (χ0n) is 10.0. The van der Waals surface area contributed by atoms with Gasteiger partial charge in [0.15, 0.2) is 0 Å². The van der Waals surface area contributed by atoms with Gasteiger partial charge >= 0.3 is 5.97 Å². The molecule has 1 aromatic carbocycles. The van der Waals surface area contributed by atoms with Crippen molar-refractivity contribution in [3.8, 4) is 5.75 Å². The van der Waals surface area contributed by atoms with Crippen molar-refractivity contribution in [2.75, 3.05) is 11.5 Å². The maximum Gasteiger partial charge on any atom is 0.325 e. The van der Waals surface area contributed by atoms with E-state index in [0.717, 1.165) is 24.3 Å². The van der Waals surface area contributed by atoms with Gasteiger partial charge in [0.05, 0.1) is 0 Å². The van der Waals surface area contributed by atoms with Gasteiger partial charge in [-0.1, -0.05) is 18.2 Å². The Morgan fingerprint density at radius 3 is 2.72 bits per heavy atom. The molecule has 1 aliphatic rings. The van der Waals surface area contributed by atoms with Crippen molar-refractivity contribution in [1.82, 2.24) is 0 Å². The summed E-state index contributed by atoms with van der Waals surface area (Å²) in [5.41, 5.74) is 6.20. The maximum absolute atomic E-state index is 11.0. The van der Waals surface area contributed by atoms with Gasteiger partial charge in [0.1, 0.15) is 17.9 Å². The predicted octanol–water partition coefficient (Wildman–Crippen LogP) is 2.05. The molecule has 3 N–H and O–H groups in total. The van der Waals surface area contributed by atoms with Crippen LogP contribution in [0, 0.1) is 0 Å². The molecule has 1 fully saturated rings. The van der Waals surface area contributed by atoms with Crippen LogP contribution < -0.4 is 10.5 Å². The quantitative estimate of drug-likeness (QED) is 0.873. The first-order valence-electron chi connectivity index (χ1n) is 6.00. The number of nitrogens with two attached hydrogens (primary N) is 1. The number of hydrogen-bond acceptors (Lipinski definition) is 4. The molecule has 2 rings (SSSR count). The summed E-state index contributed by atoms with van der Waals surface area (Å²) in [5.74, 6) is 1.75. The van der Waals surface area contributed by atoms with Gasteiger partial charge in [-0.25, -0.2) is 0 Å². The Bertz CT molecular complexity index is 418. The van der Waals surface area contributed by atoms with Gasteiger partial charge in [0.2, 0.25) is 0 Å². The molecule has 0 aliphatic carbocycles. The molecule has 98 valence electrons. The highest BCUT2D eigenvalue weighted by molar-refractivity contribution is 7.99. The fourth-order valence-electron chi connectivity index (χ4n) is 1.95. The number of hydrogen-bond donors (Lipinski definition) is 2. The minimum absolute atomic E-state index is 0.174. The fraction of sp³-hybridized carbons (Fsp3) is 0.462. The van der Waals surface area contributed by atoms with Gasteiger partial charge in [-0.15, -0.1) is 0 Å². The average molecular weight is 267 g/mol. The van der Waals surface area contributed by atoms with Crippen molar-refractivity contribution in [2.24, 2.45) is 5.73 Å². The number of aliphatic carboxylic acids is 1. The third kappa shape index (κ3) is 3.17. The first-order chi connectivity index (χ1) is 8.68. The van der Waals surface area contributed by atoms with Gasteiger partial charge in [-0.3, -0.25) is 4.79 Å². The molecule has 0 radical (unpaired) electrons. The number of rotatable bonds is 4. The Morgan fingerprint density at radius 1 is 1.39 bits per heavy atom. The van der Waals surface area contributed by atoms with Crippen LogP contribution in [0.3, 0.4) is 0 Å². The second-order valence-electron chi connectivity index (χ2n) is 4.28. The highest BCUT2D eigenvalue weighted by atomic mass is 32.2. The van der Waals surface area contributed by atoms with E-state index in [9.17, 15) is 4.79 Å². The van der Waals surface area contributed by atoms with E-state index < -0.39 is 12.0 Å². The van der Waals surface area contributed by atoms with E-state index in [-0.39, 0.29) is 6.10 Å². The highest BCUT2D eigenvalue weighted by Crippen LogP contribution is 2.28. The van der Waals surface area contributed by atoms with E-state index in [4.69, 9.17) is 15.6 Å². The molecular weight excluding hydrogens is 250 g/mol. The monoisotopic (exact) mass is 267 g/mol. The zero-order valence-corrected chi connectivity index (χ0v) is 10.9. The molecule has 0 aromatic heterocycles. The number of carboxylic acid groups (broad SMARTS) is 1. The molecule has 1 atom stereocenters. The number of ether oxygens (including phenoxy) is 1. The predicted molar refractivity (Wildman–Crippen MR) is 72.0 cm³/mol. The Morgan fingerprint density at radius 2 is 2.06 bits per heavy atom. The molecule has 0 amide bonds. The zero-order chi connectivity index (χ0) is 13.0. The molecule has 1 aliphatic heterocycles. The molecule has 0 bridgehead atoms. The summed E-state index contributed by atoms with van der Waals surface area (Å²) in [6.45, 7) is 0. The Labute approximate surface area is 111 Å². The van der Waals surface area contributed by atoms with E-state index in [1.54, 1.807) is 18.2 Å². The summed E-state index contributed by atoms with van der Waals surface area (Å²) < 4.78 is 5.90. The maximum atomic E-state index is 11.0. The SMILES string of the molecule is NC(C(=O)O)c1ccccc1OC1CCSCC1. The lowest BCUT2D eigenvalue weighted by Crippen LogP contribution is -2.25. The van der Waals surface area contributed by atoms with Crippen LogP contribution in [0.4, 0.5) is 0 Å². The molecule has 0 spiro atoms.